The Morgan fingerprint density at radius 3 is 2.50 bits per heavy atom. The van der Waals surface area contributed by atoms with Crippen molar-refractivity contribution < 1.29 is 23.8 Å². The third-order valence-corrected chi connectivity index (χ3v) is 4.68. The Balaban J connectivity index is 1.85. The molecule has 3 rings (SSSR count). The number of rotatable bonds is 5. The molecule has 0 bridgehead atoms. The van der Waals surface area contributed by atoms with Crippen molar-refractivity contribution in [1.82, 2.24) is 0 Å². The molecule has 0 saturated carbocycles. The predicted octanol–water partition coefficient (Wildman–Crippen LogP) is 5.25. The Labute approximate surface area is 172 Å². The van der Waals surface area contributed by atoms with E-state index in [1.165, 1.54) is 6.08 Å². The molecule has 28 heavy (non-hydrogen) atoms. The highest BCUT2D eigenvalue weighted by Gasteiger charge is 2.30. The minimum absolute atomic E-state index is 0.115. The molecular weight excluding hydrogens is 403 g/mol. The van der Waals surface area contributed by atoms with Crippen molar-refractivity contribution in [3.63, 3.8) is 0 Å². The van der Waals surface area contributed by atoms with Gasteiger partial charge in [0, 0.05) is 21.2 Å². The largest absolute Gasteiger partial charge is 0.481 e. The molecule has 1 aliphatic rings. The van der Waals surface area contributed by atoms with Crippen LogP contribution in [0.4, 0.5) is 0 Å². The maximum Gasteiger partial charge on any atom is 0.344 e. The van der Waals surface area contributed by atoms with Crippen LogP contribution in [0.15, 0.2) is 36.1 Å². The maximum atomic E-state index is 12.7. The summed E-state index contributed by atoms with van der Waals surface area (Å²) >= 11 is 12.3. The first-order chi connectivity index (χ1) is 13.3. The van der Waals surface area contributed by atoms with Gasteiger partial charge in [-0.2, -0.15) is 0 Å². The second-order valence-electron chi connectivity index (χ2n) is 6.47. The van der Waals surface area contributed by atoms with Gasteiger partial charge in [-0.05, 0) is 51.1 Å². The summed E-state index contributed by atoms with van der Waals surface area (Å²) in [5.74, 6) is 0.184. The van der Waals surface area contributed by atoms with Crippen LogP contribution in [-0.4, -0.2) is 24.5 Å². The number of hydrogen-bond donors (Lipinski definition) is 0. The molecule has 1 aliphatic heterocycles. The molecule has 0 amide bonds. The molecule has 0 saturated heterocycles. The molecule has 0 aliphatic carbocycles. The summed E-state index contributed by atoms with van der Waals surface area (Å²) in [6.45, 7) is 5.04. The summed E-state index contributed by atoms with van der Waals surface area (Å²) in [6, 6.07) is 8.31. The van der Waals surface area contributed by atoms with Crippen molar-refractivity contribution in [2.45, 2.75) is 26.9 Å². The lowest BCUT2D eigenvalue weighted by atomic mass is 10.1. The number of allylic oxidation sites excluding steroid dienone is 1. The molecular formula is C21H18Cl2O5. The highest BCUT2D eigenvalue weighted by atomic mass is 35.5. The van der Waals surface area contributed by atoms with Crippen LogP contribution >= 0.6 is 23.2 Å². The third-order valence-electron chi connectivity index (χ3n) is 4.02. The zero-order chi connectivity index (χ0) is 20.4. The molecule has 0 radical (unpaired) electrons. The van der Waals surface area contributed by atoms with E-state index >= 15 is 0 Å². The van der Waals surface area contributed by atoms with Crippen LogP contribution in [0, 0.1) is 6.92 Å². The molecule has 2 aromatic rings. The monoisotopic (exact) mass is 420 g/mol. The molecule has 0 aromatic heterocycles. The van der Waals surface area contributed by atoms with Gasteiger partial charge in [0.25, 0.3) is 0 Å². The summed E-state index contributed by atoms with van der Waals surface area (Å²) in [4.78, 5) is 24.4. The minimum atomic E-state index is -0.471. The predicted molar refractivity (Wildman–Crippen MR) is 107 cm³/mol. The fraction of sp³-hybridized carbons (Fsp3) is 0.238. The SMILES string of the molecule is Cc1c(OCC(=O)OC(C)C)ccc2c1O/C(=C\c1c(Cl)cccc1Cl)C2=O. The van der Waals surface area contributed by atoms with Crippen LogP contribution in [0.5, 0.6) is 11.5 Å². The third kappa shape index (κ3) is 4.16. The lowest BCUT2D eigenvalue weighted by Crippen LogP contribution is -2.19. The van der Waals surface area contributed by atoms with Gasteiger partial charge in [-0.3, -0.25) is 4.79 Å². The average Bonchev–Trinajstić information content (AvgIpc) is 2.94. The topological polar surface area (TPSA) is 61.8 Å². The lowest BCUT2D eigenvalue weighted by Gasteiger charge is -2.12. The van der Waals surface area contributed by atoms with Crippen molar-refractivity contribution in [3.05, 3.63) is 62.8 Å². The van der Waals surface area contributed by atoms with E-state index in [0.717, 1.165) is 0 Å². The van der Waals surface area contributed by atoms with Crippen LogP contribution in [0.25, 0.3) is 6.08 Å². The Bertz CT molecular complexity index is 959. The van der Waals surface area contributed by atoms with E-state index in [1.54, 1.807) is 51.1 Å². The van der Waals surface area contributed by atoms with E-state index in [-0.39, 0.29) is 24.3 Å². The second-order valence-corrected chi connectivity index (χ2v) is 7.28. The van der Waals surface area contributed by atoms with Crippen molar-refractivity contribution in [1.29, 1.82) is 0 Å². The van der Waals surface area contributed by atoms with Crippen molar-refractivity contribution in [2.24, 2.45) is 0 Å². The van der Waals surface area contributed by atoms with Crippen LogP contribution in [0.3, 0.4) is 0 Å². The van der Waals surface area contributed by atoms with Gasteiger partial charge in [-0.25, -0.2) is 4.79 Å². The molecule has 0 fully saturated rings. The van der Waals surface area contributed by atoms with Gasteiger partial charge < -0.3 is 14.2 Å². The Morgan fingerprint density at radius 1 is 1.18 bits per heavy atom. The highest BCUT2D eigenvalue weighted by Crippen LogP contribution is 2.40. The fourth-order valence-corrected chi connectivity index (χ4v) is 3.24. The smallest absolute Gasteiger partial charge is 0.344 e. The van der Waals surface area contributed by atoms with Gasteiger partial charge in [0.2, 0.25) is 5.78 Å². The first kappa shape index (κ1) is 20.2. The van der Waals surface area contributed by atoms with Crippen molar-refractivity contribution in [2.75, 3.05) is 6.61 Å². The van der Waals surface area contributed by atoms with Crippen LogP contribution in [0.2, 0.25) is 10.0 Å². The summed E-state index contributed by atoms with van der Waals surface area (Å²) in [7, 11) is 0. The van der Waals surface area contributed by atoms with E-state index in [1.807, 2.05) is 0 Å². The van der Waals surface area contributed by atoms with Gasteiger partial charge in [0.05, 0.1) is 11.7 Å². The fourth-order valence-electron chi connectivity index (χ4n) is 2.74. The van der Waals surface area contributed by atoms with Crippen molar-refractivity contribution in [3.8, 4) is 11.5 Å². The van der Waals surface area contributed by atoms with Crippen LogP contribution in [-0.2, 0) is 9.53 Å². The standard InChI is InChI=1S/C21H18Cl2O5/c1-11(2)27-19(24)10-26-17-8-7-13-20(25)18(28-21(13)12(17)3)9-14-15(22)5-4-6-16(14)23/h4-9,11H,10H2,1-3H3/b18-9-. The van der Waals surface area contributed by atoms with Crippen LogP contribution < -0.4 is 9.47 Å². The number of carbonyl (C=O) groups excluding carboxylic acids is 2. The van der Waals surface area contributed by atoms with Gasteiger partial charge in [0.1, 0.15) is 11.5 Å². The van der Waals surface area contributed by atoms with E-state index in [9.17, 15) is 9.59 Å². The highest BCUT2D eigenvalue weighted by molar-refractivity contribution is 6.37. The van der Waals surface area contributed by atoms with E-state index in [2.05, 4.69) is 0 Å². The molecule has 0 N–H and O–H groups in total. The number of fused-ring (bicyclic) bond motifs is 1. The second kappa shape index (κ2) is 8.25. The zero-order valence-electron chi connectivity index (χ0n) is 15.5. The normalized spacial score (nSPS) is 14.2. The summed E-state index contributed by atoms with van der Waals surface area (Å²) in [5, 5.41) is 0.827. The number of Topliss-reactive ketones (excluding diaryl/α,β-unsaturated/α-hetero) is 1. The lowest BCUT2D eigenvalue weighted by molar-refractivity contribution is -0.149. The van der Waals surface area contributed by atoms with Gasteiger partial charge in [0.15, 0.2) is 12.4 Å². The quantitative estimate of drug-likeness (QED) is 0.488. The maximum absolute atomic E-state index is 12.7. The minimum Gasteiger partial charge on any atom is -0.481 e. The molecule has 2 aromatic carbocycles. The Morgan fingerprint density at radius 2 is 1.86 bits per heavy atom. The number of ketones is 1. The van der Waals surface area contributed by atoms with Gasteiger partial charge >= 0.3 is 5.97 Å². The van der Waals surface area contributed by atoms with E-state index in [0.29, 0.717) is 38.2 Å². The molecule has 0 atom stereocenters. The number of benzene rings is 2. The molecule has 146 valence electrons. The number of hydrogen-bond acceptors (Lipinski definition) is 5. The van der Waals surface area contributed by atoms with E-state index < -0.39 is 5.97 Å². The average molecular weight is 421 g/mol. The molecule has 0 unspecified atom stereocenters. The van der Waals surface area contributed by atoms with E-state index in [4.69, 9.17) is 37.4 Å². The number of ether oxygens (including phenoxy) is 3. The first-order valence-electron chi connectivity index (χ1n) is 8.62. The number of carbonyl (C=O) groups is 2. The summed E-state index contributed by atoms with van der Waals surface area (Å²) in [5.41, 5.74) is 1.52. The van der Waals surface area contributed by atoms with Gasteiger partial charge in [-0.1, -0.05) is 29.3 Å². The number of esters is 1. The molecule has 1 heterocycles. The van der Waals surface area contributed by atoms with Crippen LogP contribution in [0.1, 0.15) is 35.3 Å². The van der Waals surface area contributed by atoms with Gasteiger partial charge in [-0.15, -0.1) is 0 Å². The summed E-state index contributed by atoms with van der Waals surface area (Å²) in [6.07, 6.45) is 1.30. The first-order valence-corrected chi connectivity index (χ1v) is 9.37. The molecule has 0 spiro atoms. The summed E-state index contributed by atoms with van der Waals surface area (Å²) < 4.78 is 16.3. The Kier molecular flexibility index (Phi) is 5.96. The van der Waals surface area contributed by atoms with Crippen molar-refractivity contribution >= 4 is 41.0 Å². The Hall–Kier alpha value is -2.50. The number of halogens is 2. The molecule has 5 nitrogen and oxygen atoms in total. The molecule has 7 heteroatoms. The zero-order valence-corrected chi connectivity index (χ0v) is 17.1.